The summed E-state index contributed by atoms with van der Waals surface area (Å²) in [6, 6.07) is 13.2. The van der Waals surface area contributed by atoms with E-state index in [9.17, 15) is 18.0 Å². The van der Waals surface area contributed by atoms with Gasteiger partial charge in [-0.2, -0.15) is 0 Å². The highest BCUT2D eigenvalue weighted by Gasteiger charge is 2.16. The number of nitrogens with zero attached hydrogens (tertiary/aromatic N) is 1. The van der Waals surface area contributed by atoms with Crippen LogP contribution in [0.2, 0.25) is 0 Å². The number of rotatable bonds is 6. The molecule has 0 aliphatic heterocycles. The summed E-state index contributed by atoms with van der Waals surface area (Å²) in [7, 11) is -1.79. The minimum atomic E-state index is -3.43. The van der Waals surface area contributed by atoms with Crippen molar-refractivity contribution in [1.29, 1.82) is 0 Å². The molecule has 0 heterocycles. The Bertz CT molecular complexity index is 921. The molecule has 26 heavy (non-hydrogen) atoms. The van der Waals surface area contributed by atoms with Gasteiger partial charge in [-0.1, -0.05) is 30.3 Å². The fraction of sp³-hybridized carbons (Fsp3) is 0.263. The molecule has 1 amide bonds. The van der Waals surface area contributed by atoms with E-state index in [1.165, 1.54) is 29.2 Å². The van der Waals surface area contributed by atoms with E-state index in [4.69, 9.17) is 4.74 Å². The van der Waals surface area contributed by atoms with Gasteiger partial charge in [-0.25, -0.2) is 13.2 Å². The maximum atomic E-state index is 12.2. The molecule has 0 aromatic heterocycles. The van der Waals surface area contributed by atoms with Crippen molar-refractivity contribution in [2.75, 3.05) is 19.9 Å². The Kier molecular flexibility index (Phi) is 6.15. The molecule has 0 aliphatic rings. The van der Waals surface area contributed by atoms with Gasteiger partial charge in [0.15, 0.2) is 16.4 Å². The van der Waals surface area contributed by atoms with Gasteiger partial charge in [0.05, 0.1) is 10.5 Å². The molecule has 2 rings (SSSR count). The van der Waals surface area contributed by atoms with Gasteiger partial charge in [-0.3, -0.25) is 4.79 Å². The molecule has 7 heteroatoms. The van der Waals surface area contributed by atoms with E-state index in [0.717, 1.165) is 17.4 Å². The van der Waals surface area contributed by atoms with Crippen molar-refractivity contribution in [3.63, 3.8) is 0 Å². The lowest BCUT2D eigenvalue weighted by molar-refractivity contribution is -0.133. The Morgan fingerprint density at radius 3 is 2.42 bits per heavy atom. The summed E-state index contributed by atoms with van der Waals surface area (Å²) in [6.07, 6.45) is 1.06. The molecule has 0 aliphatic carbocycles. The third-order valence-electron chi connectivity index (χ3n) is 3.92. The first-order valence-electron chi connectivity index (χ1n) is 7.94. The third kappa shape index (κ3) is 5.16. The summed E-state index contributed by atoms with van der Waals surface area (Å²) in [5.41, 5.74) is 2.17. The van der Waals surface area contributed by atoms with E-state index in [2.05, 4.69) is 0 Å². The van der Waals surface area contributed by atoms with Crippen LogP contribution >= 0.6 is 0 Å². The summed E-state index contributed by atoms with van der Waals surface area (Å²) < 4.78 is 28.1. The number of hydrogen-bond acceptors (Lipinski definition) is 5. The molecule has 0 N–H and O–H groups in total. The number of carbonyl (C=O) groups is 2. The van der Waals surface area contributed by atoms with E-state index < -0.39 is 22.4 Å². The molecule has 2 aromatic rings. The zero-order chi connectivity index (χ0) is 19.3. The van der Waals surface area contributed by atoms with Crippen LogP contribution in [0.15, 0.2) is 53.4 Å². The molecule has 0 radical (unpaired) electrons. The number of benzene rings is 2. The van der Waals surface area contributed by atoms with Crippen LogP contribution in [-0.4, -0.2) is 45.1 Å². The molecule has 0 unspecified atom stereocenters. The largest absolute Gasteiger partial charge is 0.452 e. The van der Waals surface area contributed by atoms with Crippen LogP contribution in [-0.2, 0) is 25.9 Å². The second-order valence-electron chi connectivity index (χ2n) is 6.05. The van der Waals surface area contributed by atoms with Crippen LogP contribution in [0, 0.1) is 6.92 Å². The second-order valence-corrected chi connectivity index (χ2v) is 8.07. The van der Waals surface area contributed by atoms with Crippen molar-refractivity contribution in [2.24, 2.45) is 0 Å². The number of esters is 1. The van der Waals surface area contributed by atoms with Crippen LogP contribution < -0.4 is 0 Å². The van der Waals surface area contributed by atoms with Crippen molar-refractivity contribution < 1.29 is 22.7 Å². The Labute approximate surface area is 153 Å². The van der Waals surface area contributed by atoms with Crippen LogP contribution in [0.3, 0.4) is 0 Å². The summed E-state index contributed by atoms with van der Waals surface area (Å²) >= 11 is 0. The molecule has 138 valence electrons. The van der Waals surface area contributed by atoms with Crippen molar-refractivity contribution in [2.45, 2.75) is 18.4 Å². The monoisotopic (exact) mass is 375 g/mol. The fourth-order valence-electron chi connectivity index (χ4n) is 2.31. The van der Waals surface area contributed by atoms with Crippen molar-refractivity contribution >= 4 is 21.7 Å². The highest BCUT2D eigenvalue weighted by molar-refractivity contribution is 7.90. The fourth-order valence-corrected chi connectivity index (χ4v) is 2.97. The summed E-state index contributed by atoms with van der Waals surface area (Å²) in [5.74, 6) is -1.09. The van der Waals surface area contributed by atoms with Crippen molar-refractivity contribution in [3.8, 4) is 0 Å². The summed E-state index contributed by atoms with van der Waals surface area (Å²) in [4.78, 5) is 25.7. The number of aryl methyl sites for hydroxylation is 1. The molecule has 0 saturated carbocycles. The predicted molar refractivity (Wildman–Crippen MR) is 97.5 cm³/mol. The average Bonchev–Trinajstić information content (AvgIpc) is 2.60. The van der Waals surface area contributed by atoms with Gasteiger partial charge >= 0.3 is 5.97 Å². The van der Waals surface area contributed by atoms with Gasteiger partial charge < -0.3 is 9.64 Å². The second kappa shape index (κ2) is 8.14. The van der Waals surface area contributed by atoms with Crippen LogP contribution in [0.4, 0.5) is 0 Å². The number of carbonyl (C=O) groups excluding carboxylic acids is 2. The Morgan fingerprint density at radius 1 is 1.08 bits per heavy atom. The molecule has 0 spiro atoms. The van der Waals surface area contributed by atoms with E-state index >= 15 is 0 Å². The lowest BCUT2D eigenvalue weighted by Crippen LogP contribution is -2.31. The highest BCUT2D eigenvalue weighted by atomic mass is 32.2. The quantitative estimate of drug-likeness (QED) is 0.723. The Hall–Kier alpha value is -2.67. The molecule has 0 atom stereocenters. The maximum absolute atomic E-state index is 12.2. The molecule has 2 aromatic carbocycles. The first kappa shape index (κ1) is 19.7. The number of hydrogen-bond donors (Lipinski definition) is 0. The lowest BCUT2D eigenvalue weighted by Gasteiger charge is -2.18. The van der Waals surface area contributed by atoms with Crippen molar-refractivity contribution in [3.05, 3.63) is 65.2 Å². The topological polar surface area (TPSA) is 80.8 Å². The van der Waals surface area contributed by atoms with Gasteiger partial charge in [0.25, 0.3) is 5.91 Å². The van der Waals surface area contributed by atoms with Gasteiger partial charge in [0.2, 0.25) is 0 Å². The van der Waals surface area contributed by atoms with Crippen molar-refractivity contribution in [1.82, 2.24) is 4.90 Å². The molecular formula is C19H21NO5S. The zero-order valence-corrected chi connectivity index (χ0v) is 15.7. The van der Waals surface area contributed by atoms with Gasteiger partial charge in [0, 0.05) is 19.8 Å². The lowest BCUT2D eigenvalue weighted by atomic mass is 10.1. The number of ether oxygens (including phenoxy) is 1. The molecule has 0 bridgehead atoms. The van der Waals surface area contributed by atoms with E-state index in [-0.39, 0.29) is 16.4 Å². The Morgan fingerprint density at radius 2 is 1.77 bits per heavy atom. The molecule has 0 fully saturated rings. The van der Waals surface area contributed by atoms with Gasteiger partial charge in [0.1, 0.15) is 0 Å². The minimum absolute atomic E-state index is 0.0231. The van der Waals surface area contributed by atoms with Crippen LogP contribution in [0.5, 0.6) is 0 Å². The highest BCUT2D eigenvalue weighted by Crippen LogP contribution is 2.13. The number of sulfone groups is 1. The average molecular weight is 375 g/mol. The standard InChI is InChI=1S/C19H21NO5S/c1-14-7-4-5-8-16(14)12-20(2)18(21)13-25-19(22)15-9-6-10-17(11-15)26(3,23)24/h4-11H,12-13H2,1-3H3. The van der Waals surface area contributed by atoms with E-state index in [0.29, 0.717) is 6.54 Å². The SMILES string of the molecule is Cc1ccccc1CN(C)C(=O)COC(=O)c1cccc(S(C)(=O)=O)c1. The zero-order valence-electron chi connectivity index (χ0n) is 14.9. The molecule has 0 saturated heterocycles. The van der Waals surface area contributed by atoms with E-state index in [1.807, 2.05) is 31.2 Å². The summed E-state index contributed by atoms with van der Waals surface area (Å²) in [6.45, 7) is 1.96. The van der Waals surface area contributed by atoms with Crippen LogP contribution in [0.25, 0.3) is 0 Å². The Balaban J connectivity index is 1.96. The number of likely N-dealkylation sites (N-methyl/N-ethyl adjacent to an activating group) is 1. The van der Waals surface area contributed by atoms with Gasteiger partial charge in [-0.05, 0) is 36.2 Å². The minimum Gasteiger partial charge on any atom is -0.452 e. The normalized spacial score (nSPS) is 11.0. The first-order valence-corrected chi connectivity index (χ1v) is 9.83. The molecular weight excluding hydrogens is 354 g/mol. The van der Waals surface area contributed by atoms with E-state index in [1.54, 1.807) is 7.05 Å². The van der Waals surface area contributed by atoms with Crippen LogP contribution in [0.1, 0.15) is 21.5 Å². The number of amides is 1. The molecule has 6 nitrogen and oxygen atoms in total. The summed E-state index contributed by atoms with van der Waals surface area (Å²) in [5, 5.41) is 0. The predicted octanol–water partition coefficient (Wildman–Crippen LogP) is 2.21. The smallest absolute Gasteiger partial charge is 0.338 e. The first-order chi connectivity index (χ1) is 12.2. The maximum Gasteiger partial charge on any atom is 0.338 e. The van der Waals surface area contributed by atoms with Gasteiger partial charge in [-0.15, -0.1) is 0 Å². The third-order valence-corrected chi connectivity index (χ3v) is 5.03.